The van der Waals surface area contributed by atoms with Gasteiger partial charge in [0.2, 0.25) is 0 Å². The maximum absolute atomic E-state index is 11.9. The summed E-state index contributed by atoms with van der Waals surface area (Å²) in [6.45, 7) is 2.31. The molecule has 0 radical (unpaired) electrons. The molecule has 0 saturated carbocycles. The second kappa shape index (κ2) is 7.55. The normalized spacial score (nSPS) is 13.9. The molecule has 0 spiro atoms. The predicted molar refractivity (Wildman–Crippen MR) is 103 cm³/mol. The van der Waals surface area contributed by atoms with E-state index in [2.05, 4.69) is 25.8 Å². The van der Waals surface area contributed by atoms with Crippen LogP contribution in [-0.2, 0) is 17.8 Å². The number of pyridine rings is 2. The van der Waals surface area contributed by atoms with Crippen LogP contribution in [0.2, 0.25) is 0 Å². The smallest absolute Gasteiger partial charge is 0.337 e. The van der Waals surface area contributed by atoms with Crippen LogP contribution in [-0.4, -0.2) is 34.6 Å². The third kappa shape index (κ3) is 3.66. The summed E-state index contributed by atoms with van der Waals surface area (Å²) in [4.78, 5) is 25.1. The lowest BCUT2D eigenvalue weighted by Gasteiger charge is -2.37. The van der Waals surface area contributed by atoms with Gasteiger partial charge < -0.3 is 9.64 Å². The molecule has 0 atom stereocenters. The lowest BCUT2D eigenvalue weighted by Crippen LogP contribution is -2.39. The van der Waals surface area contributed by atoms with Gasteiger partial charge in [0.25, 0.3) is 0 Å². The molecule has 0 fully saturated rings. The first-order chi connectivity index (χ1) is 13.2. The zero-order valence-electron chi connectivity index (χ0n) is 15.1. The Hall–Kier alpha value is -3.25. The average molecular weight is 360 g/mol. The molecule has 1 aliphatic heterocycles. The number of fused-ring (bicyclic) bond motifs is 1. The van der Waals surface area contributed by atoms with E-state index in [1.165, 1.54) is 12.7 Å². The first-order valence-corrected chi connectivity index (χ1v) is 8.75. The minimum absolute atomic E-state index is 0.344. The molecule has 1 aliphatic rings. The molecule has 1 aromatic carbocycles. The standard InChI is InChI=1S/C21H20N4O2/c1-27-21(26)17-4-2-6-19(12-17)25-15-24(13-16-7-10-22-11-8-16)14-18-5-3-9-23-20(18)25/h2-12H,13-15H2,1H3. The summed E-state index contributed by atoms with van der Waals surface area (Å²) >= 11 is 0. The zero-order chi connectivity index (χ0) is 18.6. The Morgan fingerprint density at radius 1 is 1.11 bits per heavy atom. The molecule has 0 aliphatic carbocycles. The highest BCUT2D eigenvalue weighted by atomic mass is 16.5. The van der Waals surface area contributed by atoms with E-state index in [1.54, 1.807) is 12.3 Å². The lowest BCUT2D eigenvalue weighted by molar-refractivity contribution is 0.0601. The van der Waals surface area contributed by atoms with Crippen molar-refractivity contribution in [1.82, 2.24) is 14.9 Å². The molecule has 6 nitrogen and oxygen atoms in total. The van der Waals surface area contributed by atoms with Crippen molar-refractivity contribution in [1.29, 1.82) is 0 Å². The molecule has 0 bridgehead atoms. The van der Waals surface area contributed by atoms with Gasteiger partial charge >= 0.3 is 5.97 Å². The molecule has 3 heterocycles. The molecule has 0 N–H and O–H groups in total. The van der Waals surface area contributed by atoms with Gasteiger partial charge in [-0.1, -0.05) is 12.1 Å². The van der Waals surface area contributed by atoms with E-state index in [9.17, 15) is 4.79 Å². The topological polar surface area (TPSA) is 58.6 Å². The Morgan fingerprint density at radius 3 is 2.78 bits per heavy atom. The van der Waals surface area contributed by atoms with Gasteiger partial charge in [-0.15, -0.1) is 0 Å². The van der Waals surface area contributed by atoms with Crippen LogP contribution < -0.4 is 4.90 Å². The Bertz CT molecular complexity index is 946. The number of hydrogen-bond acceptors (Lipinski definition) is 6. The van der Waals surface area contributed by atoms with Crippen LogP contribution in [0.15, 0.2) is 67.1 Å². The highest BCUT2D eigenvalue weighted by molar-refractivity contribution is 5.90. The molecular weight excluding hydrogens is 340 g/mol. The average Bonchev–Trinajstić information content (AvgIpc) is 2.73. The highest BCUT2D eigenvalue weighted by Gasteiger charge is 2.25. The fraction of sp³-hybridized carbons (Fsp3) is 0.190. The van der Waals surface area contributed by atoms with Crippen molar-refractivity contribution >= 4 is 17.5 Å². The Labute approximate surface area is 158 Å². The summed E-state index contributed by atoms with van der Waals surface area (Å²) in [5.41, 5.74) is 3.80. The van der Waals surface area contributed by atoms with Crippen LogP contribution >= 0.6 is 0 Å². The van der Waals surface area contributed by atoms with Gasteiger partial charge in [-0.3, -0.25) is 9.88 Å². The van der Waals surface area contributed by atoms with Crippen LogP contribution in [0.5, 0.6) is 0 Å². The number of methoxy groups -OCH3 is 1. The number of nitrogens with zero attached hydrogens (tertiary/aromatic N) is 4. The molecular formula is C21H20N4O2. The fourth-order valence-corrected chi connectivity index (χ4v) is 3.33. The van der Waals surface area contributed by atoms with E-state index in [4.69, 9.17) is 4.74 Å². The van der Waals surface area contributed by atoms with Gasteiger partial charge in [0.15, 0.2) is 0 Å². The molecule has 6 heteroatoms. The van der Waals surface area contributed by atoms with Gasteiger partial charge in [0.1, 0.15) is 5.82 Å². The van der Waals surface area contributed by atoms with Crippen LogP contribution in [0.4, 0.5) is 11.5 Å². The molecule has 4 rings (SSSR count). The number of rotatable bonds is 4. The van der Waals surface area contributed by atoms with E-state index in [-0.39, 0.29) is 5.97 Å². The Balaban J connectivity index is 1.67. The van der Waals surface area contributed by atoms with Crippen molar-refractivity contribution in [3.63, 3.8) is 0 Å². The predicted octanol–water partition coefficient (Wildman–Crippen LogP) is 3.37. The van der Waals surface area contributed by atoms with Crippen molar-refractivity contribution < 1.29 is 9.53 Å². The molecule has 0 unspecified atom stereocenters. The fourth-order valence-electron chi connectivity index (χ4n) is 3.33. The number of benzene rings is 1. The summed E-state index contributed by atoms with van der Waals surface area (Å²) in [5.74, 6) is 0.578. The van der Waals surface area contributed by atoms with Crippen LogP contribution in [0.3, 0.4) is 0 Å². The number of esters is 1. The second-order valence-corrected chi connectivity index (χ2v) is 6.44. The second-order valence-electron chi connectivity index (χ2n) is 6.44. The van der Waals surface area contributed by atoms with E-state index >= 15 is 0 Å². The largest absolute Gasteiger partial charge is 0.465 e. The minimum atomic E-state index is -0.344. The van der Waals surface area contributed by atoms with Crippen molar-refractivity contribution in [2.75, 3.05) is 18.7 Å². The minimum Gasteiger partial charge on any atom is -0.465 e. The first-order valence-electron chi connectivity index (χ1n) is 8.75. The van der Waals surface area contributed by atoms with Gasteiger partial charge in [-0.05, 0) is 42.0 Å². The summed E-state index contributed by atoms with van der Waals surface area (Å²) < 4.78 is 4.86. The summed E-state index contributed by atoms with van der Waals surface area (Å²) in [6.07, 6.45) is 5.42. The van der Waals surface area contributed by atoms with Crippen LogP contribution in [0.25, 0.3) is 0 Å². The lowest BCUT2D eigenvalue weighted by atomic mass is 10.1. The number of carbonyl (C=O) groups is 1. The van der Waals surface area contributed by atoms with E-state index < -0.39 is 0 Å². The van der Waals surface area contributed by atoms with Gasteiger partial charge in [-0.25, -0.2) is 9.78 Å². The highest BCUT2D eigenvalue weighted by Crippen LogP contribution is 2.32. The molecule has 27 heavy (non-hydrogen) atoms. The molecule has 136 valence electrons. The quantitative estimate of drug-likeness (QED) is 0.665. The maximum atomic E-state index is 11.9. The maximum Gasteiger partial charge on any atom is 0.337 e. The summed E-state index contributed by atoms with van der Waals surface area (Å²) in [5, 5.41) is 0. The van der Waals surface area contributed by atoms with E-state index in [1.807, 2.05) is 48.8 Å². The van der Waals surface area contributed by atoms with Gasteiger partial charge in [0, 0.05) is 42.9 Å². The van der Waals surface area contributed by atoms with Crippen molar-refractivity contribution in [3.05, 3.63) is 83.8 Å². The van der Waals surface area contributed by atoms with Crippen molar-refractivity contribution in [2.45, 2.75) is 13.1 Å². The third-order valence-corrected chi connectivity index (χ3v) is 4.59. The van der Waals surface area contributed by atoms with Gasteiger partial charge in [0.05, 0.1) is 19.3 Å². The molecule has 2 aromatic heterocycles. The number of ether oxygens (including phenoxy) is 1. The number of anilines is 2. The van der Waals surface area contributed by atoms with Crippen molar-refractivity contribution in [3.8, 4) is 0 Å². The number of aromatic nitrogens is 2. The Morgan fingerprint density at radius 2 is 1.96 bits per heavy atom. The molecule has 0 saturated heterocycles. The number of hydrogen-bond donors (Lipinski definition) is 0. The monoisotopic (exact) mass is 360 g/mol. The first kappa shape index (κ1) is 17.2. The third-order valence-electron chi connectivity index (χ3n) is 4.59. The van der Waals surface area contributed by atoms with Crippen molar-refractivity contribution in [2.24, 2.45) is 0 Å². The number of carbonyl (C=O) groups excluding carboxylic acids is 1. The van der Waals surface area contributed by atoms with E-state index in [0.29, 0.717) is 12.2 Å². The summed E-state index contributed by atoms with van der Waals surface area (Å²) in [6, 6.07) is 15.6. The van der Waals surface area contributed by atoms with Gasteiger partial charge in [-0.2, -0.15) is 0 Å². The SMILES string of the molecule is COC(=O)c1cccc(N2CN(Cc3ccncc3)Cc3cccnc32)c1. The van der Waals surface area contributed by atoms with E-state index in [0.717, 1.165) is 30.2 Å². The van der Waals surface area contributed by atoms with Crippen LogP contribution in [0.1, 0.15) is 21.5 Å². The van der Waals surface area contributed by atoms with Crippen LogP contribution in [0, 0.1) is 0 Å². The molecule has 3 aromatic rings. The summed E-state index contributed by atoms with van der Waals surface area (Å²) in [7, 11) is 1.39. The Kier molecular flexibility index (Phi) is 4.80. The zero-order valence-corrected chi connectivity index (χ0v) is 15.1. The molecule has 0 amide bonds.